The lowest BCUT2D eigenvalue weighted by Gasteiger charge is -2.22. The molecule has 6 heteroatoms. The summed E-state index contributed by atoms with van der Waals surface area (Å²) in [5.74, 6) is 0.941. The quantitative estimate of drug-likeness (QED) is 0.396. The molecule has 1 aliphatic heterocycles. The van der Waals surface area contributed by atoms with Crippen molar-refractivity contribution in [3.8, 4) is 0 Å². The van der Waals surface area contributed by atoms with E-state index in [1.807, 2.05) is 0 Å². The second-order valence-electron chi connectivity index (χ2n) is 5.31. The third-order valence-electron chi connectivity index (χ3n) is 3.50. The van der Waals surface area contributed by atoms with Gasteiger partial charge in [-0.1, -0.05) is 28.1 Å². The number of benzene rings is 1. The summed E-state index contributed by atoms with van der Waals surface area (Å²) in [6.07, 6.45) is 2.57. The first-order valence-electron chi connectivity index (χ1n) is 7.54. The highest BCUT2D eigenvalue weighted by atomic mass is 127. The van der Waals surface area contributed by atoms with Crippen LogP contribution >= 0.6 is 39.9 Å². The van der Waals surface area contributed by atoms with Crippen LogP contribution in [0.3, 0.4) is 0 Å². The van der Waals surface area contributed by atoms with E-state index in [1.165, 1.54) is 5.56 Å². The first-order valence-corrected chi connectivity index (χ1v) is 8.34. The summed E-state index contributed by atoms with van der Waals surface area (Å²) in [4.78, 5) is 6.86. The molecule has 1 aromatic carbocycles. The maximum absolute atomic E-state index is 5.63. The van der Waals surface area contributed by atoms with Gasteiger partial charge in [-0.3, -0.25) is 4.99 Å². The molecule has 0 radical (unpaired) electrons. The highest BCUT2D eigenvalue weighted by molar-refractivity contribution is 14.0. The number of guanidine groups is 1. The van der Waals surface area contributed by atoms with E-state index in [0.29, 0.717) is 6.10 Å². The molecule has 124 valence electrons. The predicted molar refractivity (Wildman–Crippen MR) is 106 cm³/mol. The largest absolute Gasteiger partial charge is 0.376 e. The minimum absolute atomic E-state index is 0. The maximum Gasteiger partial charge on any atom is 0.194 e. The maximum atomic E-state index is 5.63. The fourth-order valence-electron chi connectivity index (χ4n) is 2.38. The smallest absolute Gasteiger partial charge is 0.194 e. The molecule has 0 saturated carbocycles. The summed E-state index contributed by atoms with van der Waals surface area (Å²) in [7, 11) is 2.07. The van der Waals surface area contributed by atoms with Crippen molar-refractivity contribution >= 4 is 45.9 Å². The summed E-state index contributed by atoms with van der Waals surface area (Å²) in [5, 5.41) is 3.35. The molecule has 1 N–H and O–H groups in total. The van der Waals surface area contributed by atoms with Gasteiger partial charge in [-0.15, -0.1) is 24.0 Å². The molecule has 0 bridgehead atoms. The molecule has 1 aromatic rings. The third kappa shape index (κ3) is 6.42. The number of aliphatic imine (C=N–C) groups is 1. The lowest BCUT2D eigenvalue weighted by molar-refractivity contribution is 0.117. The minimum Gasteiger partial charge on any atom is -0.376 e. The van der Waals surface area contributed by atoms with Crippen LogP contribution < -0.4 is 5.32 Å². The molecular formula is C16H25BrIN3O. The Balaban J connectivity index is 0.00000242. The standard InChI is InChI=1S/C16H24BrN3O.HI/c1-3-18-16(19-11-15-5-4-10-21-15)20(2)12-13-6-8-14(17)9-7-13;/h6-9,15H,3-5,10-12H2,1-2H3,(H,18,19);1H. The van der Waals surface area contributed by atoms with Crippen molar-refractivity contribution in [2.24, 2.45) is 4.99 Å². The van der Waals surface area contributed by atoms with Crippen molar-refractivity contribution in [3.63, 3.8) is 0 Å². The van der Waals surface area contributed by atoms with E-state index in [2.05, 4.69) is 64.4 Å². The van der Waals surface area contributed by atoms with Gasteiger partial charge in [0, 0.05) is 31.2 Å². The van der Waals surface area contributed by atoms with Crippen molar-refractivity contribution in [1.29, 1.82) is 0 Å². The summed E-state index contributed by atoms with van der Waals surface area (Å²) < 4.78 is 6.74. The zero-order chi connectivity index (χ0) is 15.1. The number of ether oxygens (including phenoxy) is 1. The Morgan fingerprint density at radius 1 is 1.41 bits per heavy atom. The van der Waals surface area contributed by atoms with Crippen molar-refractivity contribution in [2.45, 2.75) is 32.4 Å². The fourth-order valence-corrected chi connectivity index (χ4v) is 2.65. The molecule has 1 unspecified atom stereocenters. The first kappa shape index (κ1) is 19.7. The number of hydrogen-bond acceptors (Lipinski definition) is 2. The summed E-state index contributed by atoms with van der Waals surface area (Å²) >= 11 is 3.46. The van der Waals surface area contributed by atoms with Gasteiger partial charge in [0.05, 0.1) is 12.6 Å². The van der Waals surface area contributed by atoms with Gasteiger partial charge in [0.25, 0.3) is 0 Å². The van der Waals surface area contributed by atoms with E-state index in [1.54, 1.807) is 0 Å². The van der Waals surface area contributed by atoms with Crippen LogP contribution in [-0.2, 0) is 11.3 Å². The van der Waals surface area contributed by atoms with Gasteiger partial charge in [-0.25, -0.2) is 0 Å². The van der Waals surface area contributed by atoms with Crippen molar-refractivity contribution < 1.29 is 4.74 Å². The van der Waals surface area contributed by atoms with Gasteiger partial charge < -0.3 is 15.0 Å². The number of nitrogens with one attached hydrogen (secondary N) is 1. The van der Waals surface area contributed by atoms with Crippen LogP contribution in [-0.4, -0.2) is 43.7 Å². The van der Waals surface area contributed by atoms with Gasteiger partial charge in [0.1, 0.15) is 0 Å². The Morgan fingerprint density at radius 2 is 2.14 bits per heavy atom. The van der Waals surface area contributed by atoms with Gasteiger partial charge in [0.15, 0.2) is 5.96 Å². The van der Waals surface area contributed by atoms with Crippen LogP contribution in [0.15, 0.2) is 33.7 Å². The number of rotatable bonds is 5. The van der Waals surface area contributed by atoms with Crippen molar-refractivity contribution in [1.82, 2.24) is 10.2 Å². The van der Waals surface area contributed by atoms with Gasteiger partial charge in [0.2, 0.25) is 0 Å². The molecule has 0 aromatic heterocycles. The van der Waals surface area contributed by atoms with Crippen LogP contribution in [0.1, 0.15) is 25.3 Å². The Hall–Kier alpha value is -0.340. The molecule has 0 aliphatic carbocycles. The second kappa shape index (κ2) is 10.4. The summed E-state index contributed by atoms with van der Waals surface area (Å²) in [6.45, 7) is 5.42. The average Bonchev–Trinajstić information content (AvgIpc) is 2.99. The minimum atomic E-state index is 0. The molecule has 22 heavy (non-hydrogen) atoms. The Kier molecular flexibility index (Phi) is 9.35. The fraction of sp³-hybridized carbons (Fsp3) is 0.562. The zero-order valence-electron chi connectivity index (χ0n) is 13.2. The molecule has 0 spiro atoms. The molecule has 1 atom stereocenters. The highest BCUT2D eigenvalue weighted by Gasteiger charge is 2.15. The average molecular weight is 482 g/mol. The van der Waals surface area contributed by atoms with E-state index in [9.17, 15) is 0 Å². The van der Waals surface area contributed by atoms with Gasteiger partial charge in [-0.05, 0) is 37.5 Å². The molecule has 4 nitrogen and oxygen atoms in total. The third-order valence-corrected chi connectivity index (χ3v) is 4.03. The van der Waals surface area contributed by atoms with E-state index in [4.69, 9.17) is 9.73 Å². The van der Waals surface area contributed by atoms with Crippen LogP contribution in [0.2, 0.25) is 0 Å². The van der Waals surface area contributed by atoms with E-state index < -0.39 is 0 Å². The summed E-state index contributed by atoms with van der Waals surface area (Å²) in [5.41, 5.74) is 1.27. The molecule has 1 heterocycles. The van der Waals surface area contributed by atoms with E-state index in [-0.39, 0.29) is 24.0 Å². The Morgan fingerprint density at radius 3 is 2.73 bits per heavy atom. The van der Waals surface area contributed by atoms with E-state index >= 15 is 0 Å². The van der Waals surface area contributed by atoms with Crippen LogP contribution in [0, 0.1) is 0 Å². The first-order chi connectivity index (χ1) is 10.2. The van der Waals surface area contributed by atoms with Crippen LogP contribution in [0.4, 0.5) is 0 Å². The zero-order valence-corrected chi connectivity index (χ0v) is 17.1. The SMILES string of the molecule is CCNC(=NCC1CCCO1)N(C)Cc1ccc(Br)cc1.I. The van der Waals surface area contributed by atoms with Crippen molar-refractivity contribution in [3.05, 3.63) is 34.3 Å². The lowest BCUT2D eigenvalue weighted by atomic mass is 10.2. The van der Waals surface area contributed by atoms with Gasteiger partial charge >= 0.3 is 0 Å². The second-order valence-corrected chi connectivity index (χ2v) is 6.23. The van der Waals surface area contributed by atoms with Crippen LogP contribution in [0.25, 0.3) is 0 Å². The normalized spacial score (nSPS) is 18.0. The van der Waals surface area contributed by atoms with Crippen LogP contribution in [0.5, 0.6) is 0 Å². The number of nitrogens with zero attached hydrogens (tertiary/aromatic N) is 2. The molecule has 2 rings (SSSR count). The monoisotopic (exact) mass is 481 g/mol. The molecule has 1 fully saturated rings. The van der Waals surface area contributed by atoms with Gasteiger partial charge in [-0.2, -0.15) is 0 Å². The summed E-state index contributed by atoms with van der Waals surface area (Å²) in [6, 6.07) is 8.40. The molecule has 1 aliphatic rings. The van der Waals surface area contributed by atoms with E-state index in [0.717, 1.165) is 49.5 Å². The molecule has 1 saturated heterocycles. The molecular weight excluding hydrogens is 457 g/mol. The Labute approximate surface area is 158 Å². The lowest BCUT2D eigenvalue weighted by Crippen LogP contribution is -2.39. The number of hydrogen-bond donors (Lipinski definition) is 1. The molecule has 0 amide bonds. The topological polar surface area (TPSA) is 36.9 Å². The predicted octanol–water partition coefficient (Wildman–Crippen LogP) is 3.64. The Bertz CT molecular complexity index is 461. The number of halogens is 2. The van der Waals surface area contributed by atoms with Crippen molar-refractivity contribution in [2.75, 3.05) is 26.7 Å². The highest BCUT2D eigenvalue weighted by Crippen LogP contribution is 2.13.